The van der Waals surface area contributed by atoms with Crippen molar-refractivity contribution in [1.29, 1.82) is 5.26 Å². The van der Waals surface area contributed by atoms with Crippen LogP contribution in [0.4, 0.5) is 14.5 Å². The average Bonchev–Trinajstić information content (AvgIpc) is 2.38. The molecule has 0 atom stereocenters. The molecule has 0 unspecified atom stereocenters. The van der Waals surface area contributed by atoms with Crippen molar-refractivity contribution >= 4 is 27.5 Å². The first-order valence-electron chi connectivity index (χ1n) is 5.77. The fourth-order valence-corrected chi connectivity index (χ4v) is 1.98. The third kappa shape index (κ3) is 3.10. The van der Waals surface area contributed by atoms with E-state index in [9.17, 15) is 13.6 Å². The van der Waals surface area contributed by atoms with Gasteiger partial charge in [0, 0.05) is 6.07 Å². The largest absolute Gasteiger partial charge is 0.322 e. The van der Waals surface area contributed by atoms with Gasteiger partial charge in [0.25, 0.3) is 0 Å². The normalized spacial score (nSPS) is 10.9. The van der Waals surface area contributed by atoms with E-state index in [-0.39, 0.29) is 10.2 Å². The predicted octanol–water partition coefficient (Wildman–Crippen LogP) is 4.00. The number of benzene rings is 1. The van der Waals surface area contributed by atoms with E-state index in [0.29, 0.717) is 18.9 Å². The van der Waals surface area contributed by atoms with E-state index in [1.165, 1.54) is 0 Å². The van der Waals surface area contributed by atoms with E-state index in [1.54, 1.807) is 13.8 Å². The van der Waals surface area contributed by atoms with Crippen LogP contribution in [0, 0.1) is 28.4 Å². The van der Waals surface area contributed by atoms with Crippen LogP contribution in [0.15, 0.2) is 16.6 Å². The van der Waals surface area contributed by atoms with Gasteiger partial charge in [-0.2, -0.15) is 5.26 Å². The van der Waals surface area contributed by atoms with E-state index in [0.717, 1.165) is 6.07 Å². The number of amides is 1. The first kappa shape index (κ1) is 15.6. The summed E-state index contributed by atoms with van der Waals surface area (Å²) in [6, 6.07) is 3.77. The summed E-state index contributed by atoms with van der Waals surface area (Å²) in [6.45, 7) is 3.42. The summed E-state index contributed by atoms with van der Waals surface area (Å²) >= 11 is 2.91. The van der Waals surface area contributed by atoms with Crippen LogP contribution in [-0.4, -0.2) is 5.91 Å². The quantitative estimate of drug-likeness (QED) is 0.848. The Morgan fingerprint density at radius 3 is 2.42 bits per heavy atom. The third-order valence-electron chi connectivity index (χ3n) is 3.11. The predicted molar refractivity (Wildman–Crippen MR) is 71.3 cm³/mol. The Hall–Kier alpha value is -1.48. The molecule has 0 radical (unpaired) electrons. The summed E-state index contributed by atoms with van der Waals surface area (Å²) in [6.07, 6.45) is 0.631. The van der Waals surface area contributed by atoms with Crippen LogP contribution in [0.5, 0.6) is 0 Å². The molecule has 0 heterocycles. The number of nitrogens with one attached hydrogen (secondary N) is 1. The van der Waals surface area contributed by atoms with Gasteiger partial charge in [0.1, 0.15) is 17.0 Å². The van der Waals surface area contributed by atoms with Crippen molar-refractivity contribution in [3.05, 3.63) is 28.2 Å². The SMILES string of the molecule is CCC(C#N)(CC)C(=O)Nc1cc(Br)c(F)cc1F. The zero-order valence-corrected chi connectivity index (χ0v) is 12.1. The minimum absolute atomic E-state index is 0.0414. The van der Waals surface area contributed by atoms with Gasteiger partial charge in [-0.3, -0.25) is 4.79 Å². The molecular formula is C13H13BrF2N2O. The van der Waals surface area contributed by atoms with Crippen LogP contribution in [0.1, 0.15) is 26.7 Å². The molecule has 1 aromatic carbocycles. The summed E-state index contributed by atoms with van der Waals surface area (Å²) in [4.78, 5) is 12.1. The number of halogens is 3. The second-order valence-corrected chi connectivity index (χ2v) is 4.96. The monoisotopic (exact) mass is 330 g/mol. The fourth-order valence-electron chi connectivity index (χ4n) is 1.64. The van der Waals surface area contributed by atoms with Gasteiger partial charge in [0.15, 0.2) is 0 Å². The van der Waals surface area contributed by atoms with Crippen LogP contribution in [0.25, 0.3) is 0 Å². The minimum atomic E-state index is -1.20. The van der Waals surface area contributed by atoms with Crippen molar-refractivity contribution in [2.24, 2.45) is 5.41 Å². The average molecular weight is 331 g/mol. The van der Waals surface area contributed by atoms with Gasteiger partial charge in [-0.05, 0) is 34.8 Å². The van der Waals surface area contributed by atoms with Crippen molar-refractivity contribution in [1.82, 2.24) is 0 Å². The van der Waals surface area contributed by atoms with Gasteiger partial charge in [-0.15, -0.1) is 0 Å². The molecule has 0 aliphatic rings. The molecule has 1 rings (SSSR count). The number of nitriles is 1. The van der Waals surface area contributed by atoms with Gasteiger partial charge < -0.3 is 5.32 Å². The number of hydrogen-bond acceptors (Lipinski definition) is 2. The lowest BCUT2D eigenvalue weighted by Crippen LogP contribution is -2.34. The molecule has 1 N–H and O–H groups in total. The van der Waals surface area contributed by atoms with Crippen LogP contribution in [0.2, 0.25) is 0 Å². The Morgan fingerprint density at radius 2 is 1.95 bits per heavy atom. The van der Waals surface area contributed by atoms with Crippen LogP contribution >= 0.6 is 15.9 Å². The van der Waals surface area contributed by atoms with Crippen molar-refractivity contribution in [2.45, 2.75) is 26.7 Å². The number of rotatable bonds is 4. The van der Waals surface area contributed by atoms with Crippen molar-refractivity contribution in [3.8, 4) is 6.07 Å². The standard InChI is InChI=1S/C13H13BrF2N2O/c1-3-13(4-2,7-17)12(19)18-11-5-8(14)9(15)6-10(11)16/h5-6H,3-4H2,1-2H3,(H,18,19). The van der Waals surface area contributed by atoms with Gasteiger partial charge in [0.05, 0.1) is 16.2 Å². The maximum atomic E-state index is 13.5. The molecule has 0 fully saturated rings. The molecule has 0 aromatic heterocycles. The van der Waals surface area contributed by atoms with E-state index in [4.69, 9.17) is 5.26 Å². The molecule has 0 bridgehead atoms. The number of nitrogens with zero attached hydrogens (tertiary/aromatic N) is 1. The van der Waals surface area contributed by atoms with Crippen LogP contribution < -0.4 is 5.32 Å². The molecule has 0 aliphatic heterocycles. The fraction of sp³-hybridized carbons (Fsp3) is 0.385. The summed E-state index contributed by atoms with van der Waals surface area (Å²) < 4.78 is 26.7. The number of carbonyl (C=O) groups excluding carboxylic acids is 1. The molecule has 0 saturated heterocycles. The summed E-state index contributed by atoms with van der Waals surface area (Å²) in [5, 5.41) is 11.5. The number of carbonyl (C=O) groups is 1. The van der Waals surface area contributed by atoms with Crippen molar-refractivity contribution in [3.63, 3.8) is 0 Å². The summed E-state index contributed by atoms with van der Waals surface area (Å²) in [5.41, 5.74) is -1.35. The molecule has 1 amide bonds. The molecule has 3 nitrogen and oxygen atoms in total. The third-order valence-corrected chi connectivity index (χ3v) is 3.72. The number of anilines is 1. The summed E-state index contributed by atoms with van der Waals surface area (Å²) in [7, 11) is 0. The first-order valence-corrected chi connectivity index (χ1v) is 6.56. The van der Waals surface area contributed by atoms with E-state index in [2.05, 4.69) is 21.2 Å². The highest BCUT2D eigenvalue weighted by Gasteiger charge is 2.35. The highest BCUT2D eigenvalue weighted by molar-refractivity contribution is 9.10. The molecular weight excluding hydrogens is 318 g/mol. The lowest BCUT2D eigenvalue weighted by molar-refractivity contribution is -0.123. The van der Waals surface area contributed by atoms with Gasteiger partial charge in [0.2, 0.25) is 5.91 Å². The topological polar surface area (TPSA) is 52.9 Å². The van der Waals surface area contributed by atoms with Gasteiger partial charge in [-0.1, -0.05) is 13.8 Å². The van der Waals surface area contributed by atoms with Gasteiger partial charge >= 0.3 is 0 Å². The molecule has 0 spiro atoms. The smallest absolute Gasteiger partial charge is 0.244 e. The second kappa shape index (κ2) is 6.11. The van der Waals surface area contributed by atoms with E-state index >= 15 is 0 Å². The maximum Gasteiger partial charge on any atom is 0.244 e. The summed E-state index contributed by atoms with van der Waals surface area (Å²) in [5.74, 6) is -2.22. The second-order valence-electron chi connectivity index (χ2n) is 4.10. The molecule has 0 saturated carbocycles. The molecule has 1 aromatic rings. The Labute approximate surface area is 118 Å². The zero-order valence-electron chi connectivity index (χ0n) is 10.6. The lowest BCUT2D eigenvalue weighted by Gasteiger charge is -2.22. The Bertz CT molecular complexity index is 536. The molecule has 6 heteroatoms. The molecule has 19 heavy (non-hydrogen) atoms. The van der Waals surface area contributed by atoms with E-state index in [1.807, 2.05) is 6.07 Å². The zero-order chi connectivity index (χ0) is 14.6. The van der Waals surface area contributed by atoms with E-state index < -0.39 is 23.0 Å². The Balaban J connectivity index is 3.07. The Kier molecular flexibility index (Phi) is 5.01. The highest BCUT2D eigenvalue weighted by Crippen LogP contribution is 2.29. The minimum Gasteiger partial charge on any atom is -0.322 e. The number of hydrogen-bond donors (Lipinski definition) is 1. The molecule has 102 valence electrons. The molecule has 0 aliphatic carbocycles. The van der Waals surface area contributed by atoms with Crippen LogP contribution in [-0.2, 0) is 4.79 Å². The Morgan fingerprint density at radius 1 is 1.37 bits per heavy atom. The van der Waals surface area contributed by atoms with Crippen molar-refractivity contribution in [2.75, 3.05) is 5.32 Å². The highest BCUT2D eigenvalue weighted by atomic mass is 79.9. The first-order chi connectivity index (χ1) is 8.90. The van der Waals surface area contributed by atoms with Crippen molar-refractivity contribution < 1.29 is 13.6 Å². The maximum absolute atomic E-state index is 13.5. The van der Waals surface area contributed by atoms with Crippen LogP contribution in [0.3, 0.4) is 0 Å². The van der Waals surface area contributed by atoms with Gasteiger partial charge in [-0.25, -0.2) is 8.78 Å². The lowest BCUT2D eigenvalue weighted by atomic mass is 9.83.